The first-order valence-electron chi connectivity index (χ1n) is 7.13. The maximum atomic E-state index is 12.4. The molecule has 0 spiro atoms. The average molecular weight is 302 g/mol. The Labute approximate surface area is 133 Å². The number of nitrogens with one attached hydrogen (secondary N) is 1. The Morgan fingerprint density at radius 2 is 1.61 bits per heavy atom. The number of hydrogen-bond acceptors (Lipinski definition) is 2. The Balaban J connectivity index is 1.91. The third-order valence-electron chi connectivity index (χ3n) is 3.62. The molecule has 4 nitrogen and oxygen atoms in total. The number of hydrogen-bond donors (Lipinski definition) is 2. The number of carbonyl (C=O) groups is 1. The van der Waals surface area contributed by atoms with Crippen molar-refractivity contribution in [2.45, 2.75) is 6.17 Å². The topological polar surface area (TPSA) is 53.7 Å². The summed E-state index contributed by atoms with van der Waals surface area (Å²) in [6.07, 6.45) is -0.783. The van der Waals surface area contributed by atoms with Crippen LogP contribution in [-0.2, 0) is 0 Å². The van der Waals surface area contributed by atoms with Crippen LogP contribution < -0.4 is 5.32 Å². The molecule has 3 aromatic rings. The van der Waals surface area contributed by atoms with E-state index in [1.54, 1.807) is 24.3 Å². The molecule has 0 aliphatic rings. The van der Waals surface area contributed by atoms with Gasteiger partial charge >= 0.3 is 6.17 Å². The lowest BCUT2D eigenvalue weighted by atomic mass is 10.0. The highest BCUT2D eigenvalue weighted by atomic mass is 16.3. The fourth-order valence-corrected chi connectivity index (χ4v) is 2.44. The van der Waals surface area contributed by atoms with Crippen LogP contribution in [0.5, 0.6) is 5.75 Å². The third kappa shape index (κ3) is 2.99. The van der Waals surface area contributed by atoms with Gasteiger partial charge in [0.15, 0.2) is 0 Å². The van der Waals surface area contributed by atoms with Gasteiger partial charge in [0.05, 0.1) is 11.1 Å². The Kier molecular flexibility index (Phi) is 3.94. The third-order valence-corrected chi connectivity index (χ3v) is 3.62. The molecule has 0 fully saturated rings. The van der Waals surface area contributed by atoms with Crippen molar-refractivity contribution in [3.63, 3.8) is 0 Å². The lowest BCUT2D eigenvalue weighted by molar-refractivity contribution is 0.0941. The molecule has 2 N–H and O–H groups in total. The minimum absolute atomic E-state index is 0.0991. The minimum Gasteiger partial charge on any atom is -0.507 e. The van der Waals surface area contributed by atoms with Gasteiger partial charge in [-0.1, -0.05) is 42.5 Å². The summed E-state index contributed by atoms with van der Waals surface area (Å²) < 4.78 is 0. The van der Waals surface area contributed by atoms with Crippen LogP contribution in [0, 0.1) is 6.57 Å². The number of phenolic OH excluding ortho intramolecular Hbond substituents is 1. The second-order valence-corrected chi connectivity index (χ2v) is 5.13. The summed E-state index contributed by atoms with van der Waals surface area (Å²) >= 11 is 0. The smallest absolute Gasteiger partial charge is 0.324 e. The number of amides is 1. The number of rotatable bonds is 3. The summed E-state index contributed by atoms with van der Waals surface area (Å²) in [6, 6.07) is 19.7. The largest absolute Gasteiger partial charge is 0.507 e. The second-order valence-electron chi connectivity index (χ2n) is 5.13. The summed E-state index contributed by atoms with van der Waals surface area (Å²) in [5.41, 5.74) is 0.865. The molecule has 1 amide bonds. The number of aromatic hydroxyl groups is 1. The number of fused-ring (bicyclic) bond motifs is 1. The van der Waals surface area contributed by atoms with Gasteiger partial charge in [0.1, 0.15) is 5.75 Å². The highest BCUT2D eigenvalue weighted by molar-refractivity contribution is 6.01. The summed E-state index contributed by atoms with van der Waals surface area (Å²) in [7, 11) is 0. The number of phenols is 1. The van der Waals surface area contributed by atoms with Crippen LogP contribution in [0.2, 0.25) is 0 Å². The van der Waals surface area contributed by atoms with E-state index in [0.717, 1.165) is 10.8 Å². The molecule has 4 heteroatoms. The molecular formula is C19H14N2O2. The van der Waals surface area contributed by atoms with Gasteiger partial charge in [-0.3, -0.25) is 15.0 Å². The van der Waals surface area contributed by atoms with E-state index >= 15 is 0 Å². The number of nitrogens with zero attached hydrogens (tertiary/aromatic N) is 1. The molecule has 0 saturated carbocycles. The lowest BCUT2D eigenvalue weighted by Crippen LogP contribution is -2.26. The molecule has 112 valence electrons. The van der Waals surface area contributed by atoms with E-state index in [1.807, 2.05) is 42.5 Å². The van der Waals surface area contributed by atoms with E-state index in [9.17, 15) is 9.90 Å². The monoisotopic (exact) mass is 302 g/mol. The van der Waals surface area contributed by atoms with Gasteiger partial charge in [-0.15, -0.1) is 0 Å². The SMILES string of the molecule is [C-]#[N+]C(NC(=O)c1cc2ccccc2cc1O)c1ccccc1. The molecule has 0 aliphatic heterocycles. The van der Waals surface area contributed by atoms with Gasteiger partial charge in [-0.25, -0.2) is 6.57 Å². The maximum absolute atomic E-state index is 12.4. The van der Waals surface area contributed by atoms with Crippen LogP contribution in [0.4, 0.5) is 0 Å². The van der Waals surface area contributed by atoms with Gasteiger partial charge in [-0.2, -0.15) is 0 Å². The fourth-order valence-electron chi connectivity index (χ4n) is 2.44. The zero-order chi connectivity index (χ0) is 16.2. The van der Waals surface area contributed by atoms with E-state index < -0.39 is 12.1 Å². The summed E-state index contributed by atoms with van der Waals surface area (Å²) in [6.45, 7) is 7.29. The van der Waals surface area contributed by atoms with Crippen molar-refractivity contribution >= 4 is 16.7 Å². The molecule has 0 radical (unpaired) electrons. The minimum atomic E-state index is -0.783. The van der Waals surface area contributed by atoms with Crippen LogP contribution in [0.15, 0.2) is 66.7 Å². The molecule has 3 aromatic carbocycles. The van der Waals surface area contributed by atoms with Gasteiger partial charge in [0.25, 0.3) is 5.91 Å². The van der Waals surface area contributed by atoms with Crippen molar-refractivity contribution in [2.75, 3.05) is 0 Å². The van der Waals surface area contributed by atoms with E-state index in [-0.39, 0.29) is 11.3 Å². The highest BCUT2D eigenvalue weighted by Crippen LogP contribution is 2.25. The molecule has 1 atom stereocenters. The fraction of sp³-hybridized carbons (Fsp3) is 0.0526. The highest BCUT2D eigenvalue weighted by Gasteiger charge is 2.21. The Morgan fingerprint density at radius 3 is 2.26 bits per heavy atom. The van der Waals surface area contributed by atoms with Crippen LogP contribution in [0.25, 0.3) is 15.6 Å². The normalized spacial score (nSPS) is 11.6. The molecular weight excluding hydrogens is 288 g/mol. The zero-order valence-corrected chi connectivity index (χ0v) is 12.2. The quantitative estimate of drug-likeness (QED) is 0.721. The molecule has 0 aliphatic carbocycles. The standard InChI is InChI=1S/C19H14N2O2/c1-20-18(13-7-3-2-4-8-13)21-19(23)16-11-14-9-5-6-10-15(14)12-17(16)22/h2-12,18,22H,(H,21,23). The summed E-state index contributed by atoms with van der Waals surface area (Å²) in [5, 5.41) is 14.5. The molecule has 3 rings (SSSR count). The number of carbonyl (C=O) groups excluding carboxylic acids is 1. The first-order valence-corrected chi connectivity index (χ1v) is 7.13. The average Bonchev–Trinajstić information content (AvgIpc) is 2.59. The van der Waals surface area contributed by atoms with Crippen molar-refractivity contribution in [3.8, 4) is 5.75 Å². The van der Waals surface area contributed by atoms with Crippen molar-refractivity contribution in [2.24, 2.45) is 0 Å². The van der Waals surface area contributed by atoms with Crippen molar-refractivity contribution in [3.05, 3.63) is 89.3 Å². The van der Waals surface area contributed by atoms with E-state index in [4.69, 9.17) is 6.57 Å². The lowest BCUT2D eigenvalue weighted by Gasteiger charge is -2.10. The molecule has 23 heavy (non-hydrogen) atoms. The van der Waals surface area contributed by atoms with Gasteiger partial charge in [0, 0.05) is 0 Å². The molecule has 0 heterocycles. The zero-order valence-electron chi connectivity index (χ0n) is 12.2. The second kappa shape index (κ2) is 6.20. The van der Waals surface area contributed by atoms with Crippen molar-refractivity contribution in [1.82, 2.24) is 5.32 Å². The van der Waals surface area contributed by atoms with E-state index in [2.05, 4.69) is 10.2 Å². The maximum Gasteiger partial charge on any atom is 0.324 e. The van der Waals surface area contributed by atoms with Crippen LogP contribution in [0.3, 0.4) is 0 Å². The predicted molar refractivity (Wildman–Crippen MR) is 88.9 cm³/mol. The predicted octanol–water partition coefficient (Wildman–Crippen LogP) is 3.89. The molecule has 0 aromatic heterocycles. The van der Waals surface area contributed by atoms with Gasteiger partial charge in [-0.05, 0) is 35.0 Å². The summed E-state index contributed by atoms with van der Waals surface area (Å²) in [5.74, 6) is -0.573. The van der Waals surface area contributed by atoms with Gasteiger partial charge in [0.2, 0.25) is 0 Å². The molecule has 1 unspecified atom stereocenters. The van der Waals surface area contributed by atoms with E-state index in [0.29, 0.717) is 5.56 Å². The van der Waals surface area contributed by atoms with Crippen LogP contribution in [0.1, 0.15) is 22.1 Å². The summed E-state index contributed by atoms with van der Waals surface area (Å²) in [4.78, 5) is 15.9. The van der Waals surface area contributed by atoms with Crippen LogP contribution in [-0.4, -0.2) is 11.0 Å². The Morgan fingerprint density at radius 1 is 1.00 bits per heavy atom. The first kappa shape index (κ1) is 14.6. The van der Waals surface area contributed by atoms with E-state index in [1.165, 1.54) is 0 Å². The molecule has 0 bridgehead atoms. The first-order chi connectivity index (χ1) is 11.2. The van der Waals surface area contributed by atoms with Gasteiger partial charge < -0.3 is 5.11 Å². The van der Waals surface area contributed by atoms with Crippen LogP contribution >= 0.6 is 0 Å². The Hall–Kier alpha value is -3.32. The van der Waals surface area contributed by atoms with Crippen molar-refractivity contribution in [1.29, 1.82) is 0 Å². The Bertz CT molecular complexity index is 898. The number of benzene rings is 3. The van der Waals surface area contributed by atoms with Crippen molar-refractivity contribution < 1.29 is 9.90 Å². The molecule has 0 saturated heterocycles.